The summed E-state index contributed by atoms with van der Waals surface area (Å²) in [5.41, 5.74) is 5.47. The Labute approximate surface area is 82.3 Å². The molecule has 4 heteroatoms. The number of phenols is 1. The number of halogens is 1. The Bertz CT molecular complexity index is 304. The van der Waals surface area contributed by atoms with Crippen LogP contribution in [-0.4, -0.2) is 18.8 Å². The highest BCUT2D eigenvalue weighted by atomic mass is 19.1. The third-order valence-electron chi connectivity index (χ3n) is 2.01. The van der Waals surface area contributed by atoms with Crippen LogP contribution in [0.25, 0.3) is 0 Å². The van der Waals surface area contributed by atoms with Crippen LogP contribution in [0, 0.1) is 0 Å². The molecule has 0 spiro atoms. The van der Waals surface area contributed by atoms with E-state index in [9.17, 15) is 9.50 Å². The largest absolute Gasteiger partial charge is 0.504 e. The van der Waals surface area contributed by atoms with Crippen molar-refractivity contribution >= 4 is 0 Å². The van der Waals surface area contributed by atoms with Gasteiger partial charge in [0.05, 0.1) is 7.11 Å². The first-order valence-electron chi connectivity index (χ1n) is 4.40. The molecular formula is C10H14FNO2. The number of ether oxygens (including phenoxy) is 1. The number of benzene rings is 1. The van der Waals surface area contributed by atoms with Crippen LogP contribution in [0.2, 0.25) is 0 Å². The van der Waals surface area contributed by atoms with Gasteiger partial charge in [0.15, 0.2) is 11.5 Å². The predicted molar refractivity (Wildman–Crippen MR) is 52.2 cm³/mol. The van der Waals surface area contributed by atoms with Crippen molar-refractivity contribution in [3.05, 3.63) is 23.8 Å². The van der Waals surface area contributed by atoms with E-state index >= 15 is 0 Å². The van der Waals surface area contributed by atoms with Gasteiger partial charge in [-0.2, -0.15) is 0 Å². The van der Waals surface area contributed by atoms with E-state index in [1.165, 1.54) is 13.2 Å². The molecule has 0 heterocycles. The van der Waals surface area contributed by atoms with Crippen LogP contribution in [-0.2, 0) is 0 Å². The van der Waals surface area contributed by atoms with Crippen LogP contribution >= 0.6 is 0 Å². The Hall–Kier alpha value is -1.29. The number of para-hydroxylation sites is 1. The van der Waals surface area contributed by atoms with Gasteiger partial charge in [-0.3, -0.25) is 0 Å². The Morgan fingerprint density at radius 2 is 2.29 bits per heavy atom. The first-order valence-corrected chi connectivity index (χ1v) is 4.40. The van der Waals surface area contributed by atoms with Crippen molar-refractivity contribution in [2.75, 3.05) is 13.7 Å². The molecule has 1 rings (SSSR count). The molecule has 3 N–H and O–H groups in total. The number of hydrogen-bond acceptors (Lipinski definition) is 3. The highest BCUT2D eigenvalue weighted by Gasteiger charge is 2.15. The Balaban J connectivity index is 2.96. The summed E-state index contributed by atoms with van der Waals surface area (Å²) in [5, 5.41) is 9.58. The second-order valence-electron chi connectivity index (χ2n) is 2.94. The molecule has 0 aliphatic heterocycles. The number of hydrogen-bond donors (Lipinski definition) is 2. The highest BCUT2D eigenvalue weighted by molar-refractivity contribution is 5.46. The maximum absolute atomic E-state index is 13.4. The number of nitrogens with two attached hydrogens (primary N) is 1. The van der Waals surface area contributed by atoms with Crippen molar-refractivity contribution in [3.8, 4) is 11.5 Å². The molecule has 1 atom stereocenters. The minimum atomic E-state index is -1.24. The zero-order valence-corrected chi connectivity index (χ0v) is 8.03. The quantitative estimate of drug-likeness (QED) is 0.776. The predicted octanol–water partition coefficient (Wildman–Crippen LogP) is 1.76. The summed E-state index contributed by atoms with van der Waals surface area (Å²) in [6.45, 7) is 0.248. The summed E-state index contributed by atoms with van der Waals surface area (Å²) in [5.74, 6) is 0.137. The topological polar surface area (TPSA) is 55.5 Å². The summed E-state index contributed by atoms with van der Waals surface area (Å²) in [7, 11) is 1.43. The van der Waals surface area contributed by atoms with Crippen LogP contribution in [0.5, 0.6) is 11.5 Å². The van der Waals surface area contributed by atoms with E-state index in [1.807, 2.05) is 0 Å². The third-order valence-corrected chi connectivity index (χ3v) is 2.01. The number of phenolic OH excluding ortho intramolecular Hbond substituents is 1. The van der Waals surface area contributed by atoms with E-state index in [1.54, 1.807) is 12.1 Å². The third kappa shape index (κ3) is 2.14. The molecule has 1 aromatic rings. The molecule has 0 fully saturated rings. The molecule has 0 amide bonds. The molecular weight excluding hydrogens is 185 g/mol. The maximum atomic E-state index is 13.4. The Morgan fingerprint density at radius 3 is 2.86 bits per heavy atom. The van der Waals surface area contributed by atoms with Gasteiger partial charge >= 0.3 is 0 Å². The van der Waals surface area contributed by atoms with E-state index in [0.717, 1.165) is 0 Å². The zero-order chi connectivity index (χ0) is 10.6. The van der Waals surface area contributed by atoms with E-state index in [2.05, 4.69) is 0 Å². The summed E-state index contributed by atoms with van der Waals surface area (Å²) >= 11 is 0. The lowest BCUT2D eigenvalue weighted by molar-refractivity contribution is 0.307. The number of aromatic hydroxyl groups is 1. The van der Waals surface area contributed by atoms with Gasteiger partial charge in [0, 0.05) is 5.56 Å². The molecule has 0 saturated heterocycles. The molecule has 0 aromatic heterocycles. The van der Waals surface area contributed by atoms with Crippen molar-refractivity contribution in [3.63, 3.8) is 0 Å². The molecule has 1 aromatic carbocycles. The summed E-state index contributed by atoms with van der Waals surface area (Å²) in [6, 6.07) is 4.74. The Kier molecular flexibility index (Phi) is 3.71. The molecule has 0 saturated carbocycles. The fraction of sp³-hybridized carbons (Fsp3) is 0.400. The van der Waals surface area contributed by atoms with Gasteiger partial charge in [-0.1, -0.05) is 12.1 Å². The van der Waals surface area contributed by atoms with Gasteiger partial charge in [-0.15, -0.1) is 0 Å². The average molecular weight is 199 g/mol. The summed E-state index contributed by atoms with van der Waals surface area (Å²) in [6.07, 6.45) is -1.05. The number of alkyl halides is 1. The lowest BCUT2D eigenvalue weighted by Crippen LogP contribution is -2.04. The van der Waals surface area contributed by atoms with Crippen molar-refractivity contribution < 1.29 is 14.2 Å². The first kappa shape index (κ1) is 10.8. The fourth-order valence-electron chi connectivity index (χ4n) is 1.26. The van der Waals surface area contributed by atoms with Gasteiger partial charge in [0.1, 0.15) is 6.17 Å². The van der Waals surface area contributed by atoms with Gasteiger partial charge in [-0.25, -0.2) is 4.39 Å². The molecule has 3 nitrogen and oxygen atoms in total. The standard InChI is InChI=1S/C10H14FNO2/c1-14-9-4-2-3-7(10(9)13)8(11)5-6-12/h2-4,8,13H,5-6,12H2,1H3. The van der Waals surface area contributed by atoms with E-state index in [4.69, 9.17) is 10.5 Å². The molecule has 78 valence electrons. The lowest BCUT2D eigenvalue weighted by atomic mass is 10.1. The highest BCUT2D eigenvalue weighted by Crippen LogP contribution is 2.35. The zero-order valence-electron chi connectivity index (χ0n) is 8.03. The second kappa shape index (κ2) is 4.81. The number of methoxy groups -OCH3 is 1. The summed E-state index contributed by atoms with van der Waals surface area (Å²) < 4.78 is 18.3. The average Bonchev–Trinajstić information content (AvgIpc) is 2.18. The van der Waals surface area contributed by atoms with Crippen molar-refractivity contribution in [2.45, 2.75) is 12.6 Å². The fourth-order valence-corrected chi connectivity index (χ4v) is 1.26. The van der Waals surface area contributed by atoms with Crippen LogP contribution in [0.4, 0.5) is 4.39 Å². The maximum Gasteiger partial charge on any atom is 0.163 e. The van der Waals surface area contributed by atoms with Crippen LogP contribution in [0.1, 0.15) is 18.2 Å². The monoisotopic (exact) mass is 199 g/mol. The number of rotatable bonds is 4. The minimum Gasteiger partial charge on any atom is -0.504 e. The molecule has 0 aliphatic rings. The molecule has 14 heavy (non-hydrogen) atoms. The van der Waals surface area contributed by atoms with E-state index in [0.29, 0.717) is 0 Å². The second-order valence-corrected chi connectivity index (χ2v) is 2.94. The molecule has 1 unspecified atom stereocenters. The lowest BCUT2D eigenvalue weighted by Gasteiger charge is -2.11. The van der Waals surface area contributed by atoms with Crippen molar-refractivity contribution in [2.24, 2.45) is 5.73 Å². The summed E-state index contributed by atoms with van der Waals surface area (Å²) in [4.78, 5) is 0. The van der Waals surface area contributed by atoms with E-state index < -0.39 is 6.17 Å². The van der Waals surface area contributed by atoms with Gasteiger partial charge in [0.2, 0.25) is 0 Å². The van der Waals surface area contributed by atoms with Gasteiger partial charge in [-0.05, 0) is 19.0 Å². The van der Waals surface area contributed by atoms with Crippen LogP contribution in [0.3, 0.4) is 0 Å². The van der Waals surface area contributed by atoms with Gasteiger partial charge < -0.3 is 15.6 Å². The van der Waals surface area contributed by atoms with Crippen molar-refractivity contribution in [1.82, 2.24) is 0 Å². The van der Waals surface area contributed by atoms with E-state index in [-0.39, 0.29) is 30.0 Å². The molecule has 0 bridgehead atoms. The van der Waals surface area contributed by atoms with Gasteiger partial charge in [0.25, 0.3) is 0 Å². The Morgan fingerprint density at radius 1 is 1.57 bits per heavy atom. The normalized spacial score (nSPS) is 12.5. The van der Waals surface area contributed by atoms with Crippen LogP contribution < -0.4 is 10.5 Å². The minimum absolute atomic E-state index is 0.143. The van der Waals surface area contributed by atoms with Crippen molar-refractivity contribution in [1.29, 1.82) is 0 Å². The first-order chi connectivity index (χ1) is 6.70. The smallest absolute Gasteiger partial charge is 0.163 e. The molecule has 0 aliphatic carbocycles. The van der Waals surface area contributed by atoms with Crippen LogP contribution in [0.15, 0.2) is 18.2 Å². The molecule has 0 radical (unpaired) electrons. The SMILES string of the molecule is COc1cccc(C(F)CCN)c1O.